The summed E-state index contributed by atoms with van der Waals surface area (Å²) in [7, 11) is 0. The van der Waals surface area contributed by atoms with E-state index in [-0.39, 0.29) is 0 Å². The first-order valence-electron chi connectivity index (χ1n) is 17.0. The molecule has 4 nitrogen and oxygen atoms in total. The van der Waals surface area contributed by atoms with E-state index >= 15 is 0 Å². The number of pyridine rings is 2. The Morgan fingerprint density at radius 3 is 2.02 bits per heavy atom. The van der Waals surface area contributed by atoms with Crippen molar-refractivity contribution in [2.24, 2.45) is 0 Å². The van der Waals surface area contributed by atoms with Gasteiger partial charge in [0.05, 0.1) is 33.8 Å². The molecule has 0 spiro atoms. The lowest BCUT2D eigenvalue weighted by molar-refractivity contribution is 1.31. The van der Waals surface area contributed by atoms with Crippen LogP contribution in [0.1, 0.15) is 18.1 Å². The third-order valence-corrected chi connectivity index (χ3v) is 9.74. The maximum atomic E-state index is 6.67. The summed E-state index contributed by atoms with van der Waals surface area (Å²) in [4.78, 5) is 10.3. The molecule has 2 aromatic heterocycles. The number of hydrogen-bond acceptors (Lipinski definition) is 4. The predicted octanol–water partition coefficient (Wildman–Crippen LogP) is 11.7. The van der Waals surface area contributed by atoms with Gasteiger partial charge in [-0.2, -0.15) is 0 Å². The number of fused-ring (bicyclic) bond motifs is 4. The van der Waals surface area contributed by atoms with Crippen LogP contribution in [0.2, 0.25) is 0 Å². The molecule has 0 radical (unpaired) electrons. The van der Waals surface area contributed by atoms with E-state index in [0.29, 0.717) is 0 Å². The van der Waals surface area contributed by atoms with Gasteiger partial charge in [0.25, 0.3) is 0 Å². The van der Waals surface area contributed by atoms with Crippen molar-refractivity contribution >= 4 is 56.1 Å². The molecule has 8 aromatic rings. The van der Waals surface area contributed by atoms with Crippen molar-refractivity contribution in [3.05, 3.63) is 157 Å². The molecule has 0 saturated carbocycles. The fraction of sp³-hybridized carbons (Fsp3) is 0.0435. The monoisotopic (exact) mass is 642 g/mol. The molecule has 0 bridgehead atoms. The highest BCUT2D eigenvalue weighted by atomic mass is 14.9. The van der Waals surface area contributed by atoms with Crippen molar-refractivity contribution in [1.82, 2.24) is 9.97 Å². The maximum absolute atomic E-state index is 6.67. The second kappa shape index (κ2) is 12.2. The lowest BCUT2D eigenvalue weighted by Crippen LogP contribution is -2.09. The van der Waals surface area contributed by atoms with Crippen molar-refractivity contribution in [1.29, 1.82) is 0 Å². The van der Waals surface area contributed by atoms with Gasteiger partial charge in [-0.15, -0.1) is 0 Å². The van der Waals surface area contributed by atoms with Gasteiger partial charge in [0, 0.05) is 39.6 Å². The molecule has 0 fully saturated rings. The Balaban J connectivity index is 1.05. The van der Waals surface area contributed by atoms with Gasteiger partial charge < -0.3 is 11.1 Å². The van der Waals surface area contributed by atoms with E-state index in [1.54, 1.807) is 0 Å². The first-order chi connectivity index (χ1) is 24.6. The smallest absolute Gasteiger partial charge is 0.0716 e. The van der Waals surface area contributed by atoms with Crippen molar-refractivity contribution < 1.29 is 0 Å². The Kier molecular flexibility index (Phi) is 7.21. The molecule has 3 heterocycles. The van der Waals surface area contributed by atoms with E-state index < -0.39 is 0 Å². The van der Waals surface area contributed by atoms with Crippen LogP contribution in [0.4, 0.5) is 11.4 Å². The number of aromatic nitrogens is 2. The molecule has 238 valence electrons. The number of allylic oxidation sites excluding steroid dienone is 1. The van der Waals surface area contributed by atoms with Gasteiger partial charge in [0.2, 0.25) is 0 Å². The number of hydrogen-bond donors (Lipinski definition) is 2. The summed E-state index contributed by atoms with van der Waals surface area (Å²) in [5, 5.41) is 8.12. The quantitative estimate of drug-likeness (QED) is 0.183. The fourth-order valence-corrected chi connectivity index (χ4v) is 7.18. The van der Waals surface area contributed by atoms with Crippen LogP contribution >= 0.6 is 0 Å². The number of nitrogens with two attached hydrogens (primary N) is 1. The summed E-state index contributed by atoms with van der Waals surface area (Å²) >= 11 is 0. The SMILES string of the molecule is C/C=C\c1c(-c2ccc(-c3ccc4ccc(-c5ccc6ccc(-c7cccc8ccccc78)cc6n5)cc4n3)cc2)cc2c(c1N)NCC=C2. The molecule has 0 amide bonds. The van der Waals surface area contributed by atoms with Crippen LogP contribution in [0.3, 0.4) is 0 Å². The van der Waals surface area contributed by atoms with Crippen molar-refractivity contribution in [2.75, 3.05) is 17.6 Å². The normalized spacial score (nSPS) is 12.5. The number of nitrogens with zero attached hydrogens (tertiary/aromatic N) is 2. The molecule has 1 aliphatic heterocycles. The number of nitrogen functional groups attached to an aromatic ring is 1. The minimum Gasteiger partial charge on any atom is -0.397 e. The zero-order valence-electron chi connectivity index (χ0n) is 27.7. The highest BCUT2D eigenvalue weighted by Crippen LogP contribution is 2.40. The molecule has 0 saturated heterocycles. The lowest BCUT2D eigenvalue weighted by Gasteiger charge is -2.20. The molecule has 9 rings (SSSR count). The van der Waals surface area contributed by atoms with Crippen LogP contribution < -0.4 is 11.1 Å². The van der Waals surface area contributed by atoms with Crippen molar-refractivity contribution in [3.8, 4) is 44.8 Å². The third kappa shape index (κ3) is 5.19. The summed E-state index contributed by atoms with van der Waals surface area (Å²) < 4.78 is 0. The lowest BCUT2D eigenvalue weighted by atomic mass is 9.92. The highest BCUT2D eigenvalue weighted by molar-refractivity contribution is 5.99. The largest absolute Gasteiger partial charge is 0.397 e. The molecule has 4 heteroatoms. The number of nitrogens with one attached hydrogen (secondary N) is 1. The van der Waals surface area contributed by atoms with Crippen LogP contribution in [0.15, 0.2) is 146 Å². The molecule has 50 heavy (non-hydrogen) atoms. The number of rotatable bonds is 5. The van der Waals surface area contributed by atoms with Crippen LogP contribution in [-0.2, 0) is 0 Å². The average Bonchev–Trinajstić information content (AvgIpc) is 3.18. The van der Waals surface area contributed by atoms with Crippen LogP contribution in [0.25, 0.3) is 89.5 Å². The Labute approximate surface area is 291 Å². The van der Waals surface area contributed by atoms with E-state index in [9.17, 15) is 0 Å². The van der Waals surface area contributed by atoms with Gasteiger partial charge >= 0.3 is 0 Å². The minimum absolute atomic E-state index is 0.780. The fourth-order valence-electron chi connectivity index (χ4n) is 7.18. The number of benzene rings is 6. The van der Waals surface area contributed by atoms with E-state index in [1.165, 1.54) is 16.3 Å². The summed E-state index contributed by atoms with van der Waals surface area (Å²) in [6, 6.07) is 47.3. The second-order valence-electron chi connectivity index (χ2n) is 12.8. The van der Waals surface area contributed by atoms with Gasteiger partial charge in [-0.1, -0.05) is 127 Å². The summed E-state index contributed by atoms with van der Waals surface area (Å²) in [6.45, 7) is 2.81. The van der Waals surface area contributed by atoms with Crippen LogP contribution in [-0.4, -0.2) is 16.5 Å². The van der Waals surface area contributed by atoms with Gasteiger partial charge in [0.15, 0.2) is 0 Å². The molecule has 6 aromatic carbocycles. The van der Waals surface area contributed by atoms with Crippen molar-refractivity contribution in [3.63, 3.8) is 0 Å². The van der Waals surface area contributed by atoms with E-state index in [0.717, 1.165) is 90.1 Å². The summed E-state index contributed by atoms with van der Waals surface area (Å²) in [6.07, 6.45) is 8.40. The van der Waals surface area contributed by atoms with E-state index in [1.807, 2.05) is 13.0 Å². The predicted molar refractivity (Wildman–Crippen MR) is 213 cm³/mol. The second-order valence-corrected chi connectivity index (χ2v) is 12.8. The highest BCUT2D eigenvalue weighted by Gasteiger charge is 2.16. The van der Waals surface area contributed by atoms with Crippen LogP contribution in [0.5, 0.6) is 0 Å². The summed E-state index contributed by atoms with van der Waals surface area (Å²) in [5.41, 5.74) is 21.1. The minimum atomic E-state index is 0.780. The zero-order chi connectivity index (χ0) is 33.6. The van der Waals surface area contributed by atoms with E-state index in [2.05, 4.69) is 157 Å². The Morgan fingerprint density at radius 1 is 0.600 bits per heavy atom. The molecule has 0 atom stereocenters. The Hall–Kier alpha value is -6.52. The zero-order valence-corrected chi connectivity index (χ0v) is 27.7. The maximum Gasteiger partial charge on any atom is 0.0716 e. The van der Waals surface area contributed by atoms with Gasteiger partial charge in [-0.25, -0.2) is 9.97 Å². The standard InChI is InChI=1S/C46H34N4/c1-2-7-39-40(26-36-10-6-25-48-46(36)45(39)47)30-13-15-31(16-14-30)41-23-21-33-18-20-35(28-44(33)49-41)42-24-22-32-17-19-34(27-43(32)50-42)38-12-5-9-29-8-3-4-11-37(29)38/h2-24,26-28,48H,25,47H2,1H3/b7-2-. The summed E-state index contributed by atoms with van der Waals surface area (Å²) in [5.74, 6) is 0. The van der Waals surface area contributed by atoms with E-state index in [4.69, 9.17) is 15.7 Å². The van der Waals surface area contributed by atoms with Crippen LogP contribution in [0, 0.1) is 0 Å². The first kappa shape index (κ1) is 29.6. The molecule has 1 aliphatic rings. The molecule has 0 aliphatic carbocycles. The molecular weight excluding hydrogens is 609 g/mol. The molecular formula is C46H34N4. The van der Waals surface area contributed by atoms with Gasteiger partial charge in [0.1, 0.15) is 0 Å². The first-order valence-corrected chi connectivity index (χ1v) is 17.0. The molecule has 0 unspecified atom stereocenters. The molecule has 3 N–H and O–H groups in total. The average molecular weight is 643 g/mol. The third-order valence-electron chi connectivity index (χ3n) is 9.74. The Morgan fingerprint density at radius 2 is 1.24 bits per heavy atom. The topological polar surface area (TPSA) is 63.8 Å². The Bertz CT molecular complexity index is 2660. The number of anilines is 2. The van der Waals surface area contributed by atoms with Gasteiger partial charge in [-0.05, 0) is 70.3 Å². The van der Waals surface area contributed by atoms with Gasteiger partial charge in [-0.3, -0.25) is 0 Å². The van der Waals surface area contributed by atoms with Crippen molar-refractivity contribution in [2.45, 2.75) is 6.92 Å².